The SMILES string of the molecule is COCCCNC(=O)c1sc(-n2cccc2)nc1-c1ccccc1. The zero-order valence-electron chi connectivity index (χ0n) is 13.4. The highest BCUT2D eigenvalue weighted by molar-refractivity contribution is 7.16. The minimum absolute atomic E-state index is 0.0964. The highest BCUT2D eigenvalue weighted by Crippen LogP contribution is 2.30. The Morgan fingerprint density at radius 3 is 2.67 bits per heavy atom. The van der Waals surface area contributed by atoms with Crippen molar-refractivity contribution < 1.29 is 9.53 Å². The van der Waals surface area contributed by atoms with Crippen molar-refractivity contribution in [2.24, 2.45) is 0 Å². The van der Waals surface area contributed by atoms with Gasteiger partial charge in [0.25, 0.3) is 5.91 Å². The predicted molar refractivity (Wildman–Crippen MR) is 95.7 cm³/mol. The number of hydrogen-bond donors (Lipinski definition) is 1. The second-order valence-electron chi connectivity index (χ2n) is 5.23. The van der Waals surface area contributed by atoms with E-state index in [0.717, 1.165) is 17.1 Å². The molecule has 0 saturated heterocycles. The number of hydrogen-bond acceptors (Lipinski definition) is 4. The maximum atomic E-state index is 12.6. The van der Waals surface area contributed by atoms with Gasteiger partial charge < -0.3 is 14.6 Å². The lowest BCUT2D eigenvalue weighted by Crippen LogP contribution is -2.24. The molecule has 1 amide bonds. The summed E-state index contributed by atoms with van der Waals surface area (Å²) >= 11 is 1.39. The Balaban J connectivity index is 1.90. The Bertz CT molecular complexity index is 782. The van der Waals surface area contributed by atoms with Crippen LogP contribution in [0.5, 0.6) is 0 Å². The van der Waals surface area contributed by atoms with Crippen molar-refractivity contribution in [3.05, 3.63) is 59.7 Å². The molecule has 6 heteroatoms. The summed E-state index contributed by atoms with van der Waals surface area (Å²) in [5.74, 6) is -0.0964. The minimum Gasteiger partial charge on any atom is -0.385 e. The number of nitrogens with zero attached hydrogens (tertiary/aromatic N) is 2. The fourth-order valence-electron chi connectivity index (χ4n) is 2.33. The summed E-state index contributed by atoms with van der Waals surface area (Å²) in [6, 6.07) is 13.7. The lowest BCUT2D eigenvalue weighted by atomic mass is 10.1. The highest BCUT2D eigenvalue weighted by Gasteiger charge is 2.19. The number of aromatic nitrogens is 2. The maximum absolute atomic E-state index is 12.6. The van der Waals surface area contributed by atoms with Gasteiger partial charge in [-0.2, -0.15) is 0 Å². The molecule has 1 aromatic carbocycles. The lowest BCUT2D eigenvalue weighted by molar-refractivity contribution is 0.0953. The first-order chi connectivity index (χ1) is 11.8. The standard InChI is InChI=1S/C18H19N3O2S/c1-23-13-7-10-19-17(22)16-15(14-8-3-2-4-9-14)20-18(24-16)21-11-5-6-12-21/h2-6,8-9,11-12H,7,10,13H2,1H3,(H,19,22). The first-order valence-corrected chi connectivity index (χ1v) is 8.58. The van der Waals surface area contributed by atoms with Crippen molar-refractivity contribution in [2.75, 3.05) is 20.3 Å². The van der Waals surface area contributed by atoms with Crippen molar-refractivity contribution in [3.63, 3.8) is 0 Å². The van der Waals surface area contributed by atoms with Gasteiger partial charge in [-0.15, -0.1) is 0 Å². The Morgan fingerprint density at radius 2 is 1.96 bits per heavy atom. The van der Waals surface area contributed by atoms with Crippen LogP contribution in [0.2, 0.25) is 0 Å². The molecular weight excluding hydrogens is 322 g/mol. The van der Waals surface area contributed by atoms with E-state index in [9.17, 15) is 4.79 Å². The second kappa shape index (κ2) is 7.90. The number of methoxy groups -OCH3 is 1. The number of nitrogens with one attached hydrogen (secondary N) is 1. The lowest BCUT2D eigenvalue weighted by Gasteiger charge is -2.05. The van der Waals surface area contributed by atoms with Crippen LogP contribution in [0, 0.1) is 0 Å². The van der Waals surface area contributed by atoms with E-state index in [4.69, 9.17) is 4.74 Å². The largest absolute Gasteiger partial charge is 0.385 e. The summed E-state index contributed by atoms with van der Waals surface area (Å²) in [6.07, 6.45) is 4.63. The molecule has 0 aliphatic heterocycles. The van der Waals surface area contributed by atoms with E-state index in [-0.39, 0.29) is 5.91 Å². The Morgan fingerprint density at radius 1 is 1.21 bits per heavy atom. The topological polar surface area (TPSA) is 56.1 Å². The van der Waals surface area contributed by atoms with Crippen LogP contribution in [0.4, 0.5) is 0 Å². The van der Waals surface area contributed by atoms with Crippen LogP contribution in [0.15, 0.2) is 54.9 Å². The van der Waals surface area contributed by atoms with Crippen molar-refractivity contribution in [3.8, 4) is 16.4 Å². The summed E-state index contributed by atoms with van der Waals surface area (Å²) in [6.45, 7) is 1.21. The fraction of sp³-hybridized carbons (Fsp3) is 0.222. The van der Waals surface area contributed by atoms with E-state index >= 15 is 0 Å². The second-order valence-corrected chi connectivity index (χ2v) is 6.21. The van der Waals surface area contributed by atoms with Gasteiger partial charge in [-0.25, -0.2) is 4.98 Å². The van der Waals surface area contributed by atoms with Crippen molar-refractivity contribution >= 4 is 17.2 Å². The van der Waals surface area contributed by atoms with Gasteiger partial charge in [0, 0.05) is 38.2 Å². The number of benzene rings is 1. The smallest absolute Gasteiger partial charge is 0.263 e. The quantitative estimate of drug-likeness (QED) is 0.670. The molecule has 0 bridgehead atoms. The van der Waals surface area contributed by atoms with E-state index in [1.54, 1.807) is 7.11 Å². The van der Waals surface area contributed by atoms with E-state index in [1.807, 2.05) is 59.4 Å². The van der Waals surface area contributed by atoms with Gasteiger partial charge in [0.1, 0.15) is 4.88 Å². The van der Waals surface area contributed by atoms with Gasteiger partial charge in [0.15, 0.2) is 5.13 Å². The van der Waals surface area contributed by atoms with Gasteiger partial charge in [-0.1, -0.05) is 41.7 Å². The van der Waals surface area contributed by atoms with E-state index in [1.165, 1.54) is 11.3 Å². The highest BCUT2D eigenvalue weighted by atomic mass is 32.1. The normalized spacial score (nSPS) is 10.7. The average Bonchev–Trinajstić information content (AvgIpc) is 3.28. The number of carbonyl (C=O) groups excluding carboxylic acids is 1. The van der Waals surface area contributed by atoms with E-state index in [0.29, 0.717) is 23.7 Å². The monoisotopic (exact) mass is 341 g/mol. The molecule has 2 heterocycles. The first-order valence-electron chi connectivity index (χ1n) is 7.76. The Labute approximate surface area is 144 Å². The molecule has 0 radical (unpaired) electrons. The van der Waals surface area contributed by atoms with Gasteiger partial charge in [0.05, 0.1) is 5.69 Å². The molecule has 24 heavy (non-hydrogen) atoms. The molecule has 0 aliphatic carbocycles. The fourth-order valence-corrected chi connectivity index (χ4v) is 3.30. The molecule has 0 fully saturated rings. The Kier molecular flexibility index (Phi) is 5.40. The zero-order chi connectivity index (χ0) is 16.8. The summed E-state index contributed by atoms with van der Waals surface area (Å²) in [5.41, 5.74) is 1.66. The third-order valence-corrected chi connectivity index (χ3v) is 4.57. The summed E-state index contributed by atoms with van der Waals surface area (Å²) < 4.78 is 6.93. The first kappa shape index (κ1) is 16.4. The van der Waals surface area contributed by atoms with Crippen LogP contribution >= 0.6 is 11.3 Å². The van der Waals surface area contributed by atoms with Crippen molar-refractivity contribution in [1.82, 2.24) is 14.9 Å². The number of carbonyl (C=O) groups is 1. The van der Waals surface area contributed by atoms with Crippen LogP contribution in [-0.4, -0.2) is 35.7 Å². The van der Waals surface area contributed by atoms with Crippen molar-refractivity contribution in [1.29, 1.82) is 0 Å². The van der Waals surface area contributed by atoms with E-state index in [2.05, 4.69) is 10.3 Å². The molecule has 3 aromatic rings. The minimum atomic E-state index is -0.0964. The van der Waals surface area contributed by atoms with Gasteiger partial charge >= 0.3 is 0 Å². The van der Waals surface area contributed by atoms with Crippen LogP contribution in [0.25, 0.3) is 16.4 Å². The van der Waals surface area contributed by atoms with Crippen LogP contribution in [0.1, 0.15) is 16.1 Å². The van der Waals surface area contributed by atoms with Gasteiger partial charge in [-0.3, -0.25) is 4.79 Å². The summed E-state index contributed by atoms with van der Waals surface area (Å²) in [5, 5.41) is 3.72. The summed E-state index contributed by atoms with van der Waals surface area (Å²) in [7, 11) is 1.65. The molecular formula is C18H19N3O2S. The number of amides is 1. The van der Waals surface area contributed by atoms with Gasteiger partial charge in [0.2, 0.25) is 0 Å². The van der Waals surface area contributed by atoms with Crippen LogP contribution < -0.4 is 5.32 Å². The van der Waals surface area contributed by atoms with Crippen LogP contribution in [0.3, 0.4) is 0 Å². The molecule has 0 aliphatic rings. The van der Waals surface area contributed by atoms with E-state index < -0.39 is 0 Å². The molecule has 3 rings (SSSR count). The number of ether oxygens (including phenoxy) is 1. The molecule has 124 valence electrons. The molecule has 2 aromatic heterocycles. The molecule has 1 N–H and O–H groups in total. The third kappa shape index (κ3) is 3.72. The summed E-state index contributed by atoms with van der Waals surface area (Å²) in [4.78, 5) is 17.9. The number of thiazole rings is 1. The maximum Gasteiger partial charge on any atom is 0.263 e. The molecule has 5 nitrogen and oxygen atoms in total. The van der Waals surface area contributed by atoms with Crippen molar-refractivity contribution in [2.45, 2.75) is 6.42 Å². The predicted octanol–water partition coefficient (Wildman–Crippen LogP) is 3.37. The molecule has 0 saturated carbocycles. The number of rotatable bonds is 7. The zero-order valence-corrected chi connectivity index (χ0v) is 14.3. The van der Waals surface area contributed by atoms with Gasteiger partial charge in [-0.05, 0) is 18.6 Å². The molecule has 0 unspecified atom stereocenters. The Hall–Kier alpha value is -2.44. The average molecular weight is 341 g/mol. The molecule has 0 spiro atoms. The third-order valence-electron chi connectivity index (χ3n) is 3.51. The van der Waals surface area contributed by atoms with Crippen LogP contribution in [-0.2, 0) is 4.74 Å². The molecule has 0 atom stereocenters.